The van der Waals surface area contributed by atoms with E-state index in [2.05, 4.69) is 10.1 Å². The highest BCUT2D eigenvalue weighted by Crippen LogP contribution is 2.12. The molecule has 0 aromatic heterocycles. The molecule has 140 valence electrons. The monoisotopic (exact) mass is 353 g/mol. The number of amides is 1. The molecular formula is C18H27NO6. The van der Waals surface area contributed by atoms with Crippen molar-refractivity contribution in [1.82, 2.24) is 5.32 Å². The normalized spacial score (nSPS) is 13.6. The van der Waals surface area contributed by atoms with E-state index >= 15 is 0 Å². The number of ether oxygens (including phenoxy) is 3. The first-order valence-electron chi connectivity index (χ1n) is 8.08. The molecule has 0 spiro atoms. The topological polar surface area (TPSA) is 94.1 Å². The summed E-state index contributed by atoms with van der Waals surface area (Å²) in [7, 11) is 1.27. The van der Waals surface area contributed by atoms with Crippen LogP contribution in [0.4, 0.5) is 4.79 Å². The van der Waals surface area contributed by atoms with Crippen molar-refractivity contribution < 1.29 is 28.9 Å². The Labute approximate surface area is 148 Å². The molecule has 0 saturated heterocycles. The number of methoxy groups -OCH3 is 1. The number of rotatable bonds is 8. The average Bonchev–Trinajstić information content (AvgIpc) is 2.55. The first-order valence-corrected chi connectivity index (χ1v) is 8.08. The smallest absolute Gasteiger partial charge is 0.408 e. The molecule has 1 rings (SSSR count). The number of hydrogen-bond acceptors (Lipinski definition) is 6. The predicted octanol–water partition coefficient (Wildman–Crippen LogP) is 2.02. The van der Waals surface area contributed by atoms with Gasteiger partial charge in [0, 0.05) is 0 Å². The number of alkyl carbamates (subject to hydrolysis) is 1. The number of nitrogens with one attached hydrogen (secondary N) is 1. The quantitative estimate of drug-likeness (QED) is 0.695. The maximum absolute atomic E-state index is 11.9. The lowest BCUT2D eigenvalue weighted by Gasteiger charge is -2.28. The van der Waals surface area contributed by atoms with Crippen molar-refractivity contribution >= 4 is 12.1 Å². The van der Waals surface area contributed by atoms with Crippen LogP contribution in [0.5, 0.6) is 0 Å². The molecule has 1 amide bonds. The maximum Gasteiger partial charge on any atom is 0.408 e. The van der Waals surface area contributed by atoms with Gasteiger partial charge in [0.2, 0.25) is 0 Å². The van der Waals surface area contributed by atoms with Crippen LogP contribution in [0.3, 0.4) is 0 Å². The van der Waals surface area contributed by atoms with Gasteiger partial charge in [0.05, 0.1) is 38.9 Å². The molecular weight excluding hydrogens is 326 g/mol. The lowest BCUT2D eigenvalue weighted by Crippen LogP contribution is -2.49. The van der Waals surface area contributed by atoms with Gasteiger partial charge in [-0.05, 0) is 26.3 Å². The van der Waals surface area contributed by atoms with Crippen LogP contribution in [0.2, 0.25) is 0 Å². The van der Waals surface area contributed by atoms with Gasteiger partial charge in [0.25, 0.3) is 0 Å². The Morgan fingerprint density at radius 1 is 1.20 bits per heavy atom. The van der Waals surface area contributed by atoms with Crippen molar-refractivity contribution in [2.45, 2.75) is 51.5 Å². The van der Waals surface area contributed by atoms with Crippen LogP contribution in [0.1, 0.15) is 32.8 Å². The summed E-state index contributed by atoms with van der Waals surface area (Å²) in [6.07, 6.45) is -1.56. The van der Waals surface area contributed by atoms with Crippen LogP contribution in [-0.2, 0) is 25.6 Å². The van der Waals surface area contributed by atoms with Crippen LogP contribution in [0.25, 0.3) is 0 Å². The summed E-state index contributed by atoms with van der Waals surface area (Å²) >= 11 is 0. The van der Waals surface area contributed by atoms with Crippen molar-refractivity contribution in [1.29, 1.82) is 0 Å². The van der Waals surface area contributed by atoms with Gasteiger partial charge >= 0.3 is 12.1 Å². The third-order valence-corrected chi connectivity index (χ3v) is 3.25. The molecule has 0 heterocycles. The second-order valence-electron chi connectivity index (χ2n) is 6.55. The summed E-state index contributed by atoms with van der Waals surface area (Å²) in [6.45, 7) is 5.03. The first kappa shape index (κ1) is 20.9. The molecule has 0 aliphatic carbocycles. The van der Waals surface area contributed by atoms with E-state index in [9.17, 15) is 14.7 Å². The number of carbonyl (C=O) groups excluding carboxylic acids is 2. The Hall–Kier alpha value is -2.12. The third-order valence-electron chi connectivity index (χ3n) is 3.25. The fourth-order valence-electron chi connectivity index (χ4n) is 2.06. The van der Waals surface area contributed by atoms with E-state index in [1.54, 1.807) is 20.8 Å². The van der Waals surface area contributed by atoms with Crippen LogP contribution in [-0.4, -0.2) is 48.6 Å². The molecule has 0 aliphatic rings. The van der Waals surface area contributed by atoms with Crippen LogP contribution in [0.15, 0.2) is 30.3 Å². The molecule has 1 aromatic carbocycles. The second-order valence-corrected chi connectivity index (χ2v) is 6.55. The zero-order valence-corrected chi connectivity index (χ0v) is 15.2. The molecule has 0 aliphatic heterocycles. The SMILES string of the molecule is COC(=O)C[C@@H](OCc1ccccc1)[C@@H](CO)NC(=O)OC(C)(C)C. The minimum absolute atomic E-state index is 0.107. The predicted molar refractivity (Wildman–Crippen MR) is 91.9 cm³/mol. The molecule has 0 saturated carbocycles. The molecule has 0 bridgehead atoms. The van der Waals surface area contributed by atoms with Crippen LogP contribution in [0, 0.1) is 0 Å². The van der Waals surface area contributed by atoms with Gasteiger partial charge in [0.15, 0.2) is 0 Å². The van der Waals surface area contributed by atoms with Crippen LogP contribution < -0.4 is 5.32 Å². The van der Waals surface area contributed by atoms with E-state index in [4.69, 9.17) is 9.47 Å². The first-order chi connectivity index (χ1) is 11.7. The molecule has 0 fully saturated rings. The number of aliphatic hydroxyl groups excluding tert-OH is 1. The summed E-state index contributed by atoms with van der Waals surface area (Å²) < 4.78 is 15.6. The van der Waals surface area contributed by atoms with Crippen molar-refractivity contribution in [2.75, 3.05) is 13.7 Å². The largest absolute Gasteiger partial charge is 0.469 e. The summed E-state index contributed by atoms with van der Waals surface area (Å²) in [5, 5.41) is 12.2. The van der Waals surface area contributed by atoms with E-state index < -0.39 is 36.4 Å². The number of aliphatic hydroxyl groups is 1. The number of esters is 1. The maximum atomic E-state index is 11.9. The minimum Gasteiger partial charge on any atom is -0.469 e. The van der Waals surface area contributed by atoms with Crippen molar-refractivity contribution in [2.24, 2.45) is 0 Å². The van der Waals surface area contributed by atoms with E-state index in [0.29, 0.717) is 0 Å². The molecule has 0 unspecified atom stereocenters. The summed E-state index contributed by atoms with van der Waals surface area (Å²) in [6, 6.07) is 8.58. The standard InChI is InChI=1S/C18H27NO6/c1-18(2,3)25-17(22)19-14(11-20)15(10-16(21)23-4)24-12-13-8-6-5-7-9-13/h5-9,14-15,20H,10-12H2,1-4H3,(H,19,22)/t14-,15-/m1/s1. The number of carbonyl (C=O) groups is 2. The van der Waals surface area contributed by atoms with Gasteiger partial charge in [-0.15, -0.1) is 0 Å². The minimum atomic E-state index is -0.808. The Balaban J connectivity index is 2.76. The Bertz CT molecular complexity index is 540. The van der Waals surface area contributed by atoms with Gasteiger partial charge in [-0.1, -0.05) is 30.3 Å². The van der Waals surface area contributed by atoms with Crippen molar-refractivity contribution in [3.8, 4) is 0 Å². The lowest BCUT2D eigenvalue weighted by atomic mass is 10.1. The van der Waals surface area contributed by atoms with Crippen molar-refractivity contribution in [3.05, 3.63) is 35.9 Å². The molecule has 1 aromatic rings. The van der Waals surface area contributed by atoms with Gasteiger partial charge < -0.3 is 24.6 Å². The molecule has 7 nitrogen and oxygen atoms in total. The average molecular weight is 353 g/mol. The fraction of sp³-hybridized carbons (Fsp3) is 0.556. The highest BCUT2D eigenvalue weighted by molar-refractivity contribution is 5.71. The van der Waals surface area contributed by atoms with Gasteiger partial charge in [-0.25, -0.2) is 4.79 Å². The lowest BCUT2D eigenvalue weighted by molar-refractivity contribution is -0.145. The highest BCUT2D eigenvalue weighted by atomic mass is 16.6. The summed E-state index contributed by atoms with van der Waals surface area (Å²) in [5.74, 6) is -0.498. The van der Waals surface area contributed by atoms with E-state index in [1.807, 2.05) is 30.3 Å². The molecule has 2 N–H and O–H groups in total. The van der Waals surface area contributed by atoms with E-state index in [1.165, 1.54) is 7.11 Å². The Morgan fingerprint density at radius 3 is 2.36 bits per heavy atom. The zero-order valence-electron chi connectivity index (χ0n) is 15.2. The fourth-order valence-corrected chi connectivity index (χ4v) is 2.06. The molecule has 7 heteroatoms. The second kappa shape index (κ2) is 10.0. The van der Waals surface area contributed by atoms with Gasteiger partial charge in [0.1, 0.15) is 5.60 Å². The molecule has 2 atom stereocenters. The zero-order chi connectivity index (χ0) is 18.9. The van der Waals surface area contributed by atoms with Gasteiger partial charge in [-0.2, -0.15) is 0 Å². The third kappa shape index (κ3) is 8.51. The van der Waals surface area contributed by atoms with Crippen molar-refractivity contribution in [3.63, 3.8) is 0 Å². The van der Waals surface area contributed by atoms with Gasteiger partial charge in [-0.3, -0.25) is 4.79 Å². The highest BCUT2D eigenvalue weighted by Gasteiger charge is 2.28. The number of hydrogen-bond donors (Lipinski definition) is 2. The van der Waals surface area contributed by atoms with E-state index in [0.717, 1.165) is 5.56 Å². The molecule has 0 radical (unpaired) electrons. The van der Waals surface area contributed by atoms with Crippen LogP contribution >= 0.6 is 0 Å². The summed E-state index contributed by atoms with van der Waals surface area (Å²) in [4.78, 5) is 23.6. The Morgan fingerprint density at radius 2 is 1.84 bits per heavy atom. The summed E-state index contributed by atoms with van der Waals surface area (Å²) in [5.41, 5.74) is 0.235. The Kier molecular flexibility index (Phi) is 8.37. The number of benzene rings is 1. The molecule has 25 heavy (non-hydrogen) atoms. The van der Waals surface area contributed by atoms with E-state index in [-0.39, 0.29) is 13.0 Å².